The van der Waals surface area contributed by atoms with Gasteiger partial charge in [-0.05, 0) is 32.4 Å². The second kappa shape index (κ2) is 4.68. The van der Waals surface area contributed by atoms with Gasteiger partial charge in [0.2, 0.25) is 0 Å². The van der Waals surface area contributed by atoms with Gasteiger partial charge in [0.05, 0.1) is 11.4 Å². The minimum atomic E-state index is 0.675. The van der Waals surface area contributed by atoms with E-state index in [1.165, 1.54) is 5.56 Å². The van der Waals surface area contributed by atoms with Crippen LogP contribution < -0.4 is 11.1 Å². The van der Waals surface area contributed by atoms with Gasteiger partial charge >= 0.3 is 0 Å². The van der Waals surface area contributed by atoms with Crippen molar-refractivity contribution in [2.45, 2.75) is 27.3 Å². The summed E-state index contributed by atoms with van der Waals surface area (Å²) in [5.74, 6) is 0.725. The quantitative estimate of drug-likeness (QED) is 0.867. The lowest BCUT2D eigenvalue weighted by Crippen LogP contribution is -2.06. The van der Waals surface area contributed by atoms with Crippen molar-refractivity contribution in [1.29, 1.82) is 0 Å². The number of hydrogen-bond donors (Lipinski definition) is 2. The van der Waals surface area contributed by atoms with E-state index < -0.39 is 0 Å². The highest BCUT2D eigenvalue weighted by Gasteiger charge is 2.09. The van der Waals surface area contributed by atoms with Crippen molar-refractivity contribution >= 4 is 11.5 Å². The molecular formula is C13H19N5. The molecule has 2 aromatic rings. The van der Waals surface area contributed by atoms with E-state index in [9.17, 15) is 0 Å². The Morgan fingerprint density at radius 3 is 2.61 bits per heavy atom. The van der Waals surface area contributed by atoms with Gasteiger partial charge in [-0.1, -0.05) is 0 Å². The van der Waals surface area contributed by atoms with Crippen molar-refractivity contribution in [2.75, 3.05) is 11.1 Å². The first-order valence-electron chi connectivity index (χ1n) is 5.94. The highest BCUT2D eigenvalue weighted by atomic mass is 15.3. The Hall–Kier alpha value is -2.04. The van der Waals surface area contributed by atoms with Crippen LogP contribution in [0.4, 0.5) is 11.5 Å². The molecule has 0 bridgehead atoms. The molecule has 0 fully saturated rings. The zero-order valence-electron chi connectivity index (χ0n) is 11.3. The van der Waals surface area contributed by atoms with Crippen LogP contribution in [0.25, 0.3) is 0 Å². The van der Waals surface area contributed by atoms with Gasteiger partial charge in [0.15, 0.2) is 0 Å². The average molecular weight is 245 g/mol. The molecule has 2 aromatic heterocycles. The molecule has 0 aromatic carbocycles. The molecule has 0 atom stereocenters. The van der Waals surface area contributed by atoms with Crippen LogP contribution in [0, 0.1) is 20.8 Å². The topological polar surface area (TPSA) is 68.8 Å². The summed E-state index contributed by atoms with van der Waals surface area (Å²) in [6.07, 6.45) is 1.81. The number of nitrogens with zero attached hydrogens (tertiary/aromatic N) is 3. The first kappa shape index (κ1) is 12.4. The number of hydrogen-bond acceptors (Lipinski definition) is 4. The molecule has 0 spiro atoms. The van der Waals surface area contributed by atoms with Gasteiger partial charge in [0.25, 0.3) is 0 Å². The summed E-state index contributed by atoms with van der Waals surface area (Å²) in [5.41, 5.74) is 11.0. The SMILES string of the molecule is Cc1cnc(NCc2c(C)nn(C)c2C)c(N)c1. The van der Waals surface area contributed by atoms with Crippen molar-refractivity contribution in [3.8, 4) is 0 Å². The van der Waals surface area contributed by atoms with Crippen LogP contribution in [0.2, 0.25) is 0 Å². The van der Waals surface area contributed by atoms with E-state index in [4.69, 9.17) is 5.73 Å². The molecular weight excluding hydrogens is 226 g/mol. The minimum Gasteiger partial charge on any atom is -0.396 e. The molecule has 0 aliphatic carbocycles. The lowest BCUT2D eigenvalue weighted by Gasteiger charge is -2.09. The smallest absolute Gasteiger partial charge is 0.149 e. The molecule has 2 heterocycles. The van der Waals surface area contributed by atoms with E-state index in [0.717, 1.165) is 22.8 Å². The van der Waals surface area contributed by atoms with Crippen LogP contribution in [-0.4, -0.2) is 14.8 Å². The molecule has 96 valence electrons. The number of aryl methyl sites for hydroxylation is 3. The fourth-order valence-electron chi connectivity index (χ4n) is 1.98. The van der Waals surface area contributed by atoms with Crippen LogP contribution in [0.15, 0.2) is 12.3 Å². The number of nitrogens with one attached hydrogen (secondary N) is 1. The molecule has 3 N–H and O–H groups in total. The lowest BCUT2D eigenvalue weighted by molar-refractivity contribution is 0.730. The Morgan fingerprint density at radius 1 is 1.33 bits per heavy atom. The number of rotatable bonds is 3. The fraction of sp³-hybridized carbons (Fsp3) is 0.385. The van der Waals surface area contributed by atoms with E-state index in [2.05, 4.69) is 22.3 Å². The predicted octanol–water partition coefficient (Wildman–Crippen LogP) is 1.93. The summed E-state index contributed by atoms with van der Waals surface area (Å²) in [6.45, 7) is 6.73. The number of pyridine rings is 1. The second-order valence-corrected chi connectivity index (χ2v) is 4.58. The van der Waals surface area contributed by atoms with Gasteiger partial charge in [0.1, 0.15) is 5.82 Å². The van der Waals surface area contributed by atoms with Crippen molar-refractivity contribution in [2.24, 2.45) is 7.05 Å². The van der Waals surface area contributed by atoms with Crippen molar-refractivity contribution in [3.63, 3.8) is 0 Å². The van der Waals surface area contributed by atoms with Gasteiger partial charge in [-0.2, -0.15) is 5.10 Å². The molecule has 0 unspecified atom stereocenters. The highest BCUT2D eigenvalue weighted by molar-refractivity contribution is 5.61. The predicted molar refractivity (Wildman–Crippen MR) is 73.4 cm³/mol. The van der Waals surface area contributed by atoms with Gasteiger partial charge in [-0.3, -0.25) is 4.68 Å². The third-order valence-corrected chi connectivity index (χ3v) is 3.15. The van der Waals surface area contributed by atoms with Crippen molar-refractivity contribution in [3.05, 3.63) is 34.8 Å². The van der Waals surface area contributed by atoms with Gasteiger partial charge in [-0.15, -0.1) is 0 Å². The fourth-order valence-corrected chi connectivity index (χ4v) is 1.98. The lowest BCUT2D eigenvalue weighted by atomic mass is 10.2. The molecule has 0 radical (unpaired) electrons. The number of nitrogen functional groups attached to an aromatic ring is 1. The van der Waals surface area contributed by atoms with E-state index in [1.54, 1.807) is 0 Å². The third kappa shape index (κ3) is 2.30. The summed E-state index contributed by atoms with van der Waals surface area (Å²) in [5, 5.41) is 7.65. The Labute approximate surface area is 107 Å². The molecule has 2 rings (SSSR count). The van der Waals surface area contributed by atoms with E-state index in [1.807, 2.05) is 37.8 Å². The zero-order valence-corrected chi connectivity index (χ0v) is 11.3. The summed E-state index contributed by atoms with van der Waals surface area (Å²) in [4.78, 5) is 4.30. The molecule has 18 heavy (non-hydrogen) atoms. The molecule has 5 heteroatoms. The van der Waals surface area contributed by atoms with Crippen LogP contribution >= 0.6 is 0 Å². The Morgan fingerprint density at radius 2 is 2.06 bits per heavy atom. The normalized spacial score (nSPS) is 10.7. The van der Waals surface area contributed by atoms with Crippen LogP contribution in [0.3, 0.4) is 0 Å². The van der Waals surface area contributed by atoms with E-state index >= 15 is 0 Å². The van der Waals surface area contributed by atoms with Gasteiger partial charge in [0, 0.05) is 31.0 Å². The summed E-state index contributed by atoms with van der Waals surface area (Å²) in [7, 11) is 1.95. The third-order valence-electron chi connectivity index (χ3n) is 3.15. The standard InChI is InChI=1S/C13H19N5/c1-8-5-12(14)13(15-6-8)16-7-11-9(2)17-18(4)10(11)3/h5-6H,7,14H2,1-4H3,(H,15,16). The molecule has 0 amide bonds. The molecule has 0 aliphatic rings. The highest BCUT2D eigenvalue weighted by Crippen LogP contribution is 2.18. The average Bonchev–Trinajstić information content (AvgIpc) is 2.53. The monoisotopic (exact) mass is 245 g/mol. The first-order valence-corrected chi connectivity index (χ1v) is 5.94. The maximum atomic E-state index is 5.92. The number of anilines is 2. The number of aromatic nitrogens is 3. The van der Waals surface area contributed by atoms with Crippen molar-refractivity contribution < 1.29 is 0 Å². The maximum absolute atomic E-state index is 5.92. The van der Waals surface area contributed by atoms with E-state index in [-0.39, 0.29) is 0 Å². The summed E-state index contributed by atoms with van der Waals surface area (Å²) >= 11 is 0. The summed E-state index contributed by atoms with van der Waals surface area (Å²) in [6, 6.07) is 1.91. The summed E-state index contributed by atoms with van der Waals surface area (Å²) < 4.78 is 1.89. The van der Waals surface area contributed by atoms with Crippen molar-refractivity contribution in [1.82, 2.24) is 14.8 Å². The van der Waals surface area contributed by atoms with Crippen LogP contribution in [0.1, 0.15) is 22.5 Å². The first-order chi connectivity index (χ1) is 8.49. The Kier molecular flexibility index (Phi) is 3.23. The second-order valence-electron chi connectivity index (χ2n) is 4.58. The Bertz CT molecular complexity index is 571. The Balaban J connectivity index is 2.16. The zero-order chi connectivity index (χ0) is 13.3. The molecule has 0 saturated carbocycles. The van der Waals surface area contributed by atoms with Gasteiger partial charge < -0.3 is 11.1 Å². The maximum Gasteiger partial charge on any atom is 0.149 e. The minimum absolute atomic E-state index is 0.675. The van der Waals surface area contributed by atoms with Gasteiger partial charge in [-0.25, -0.2) is 4.98 Å². The van der Waals surface area contributed by atoms with Crippen LogP contribution in [0.5, 0.6) is 0 Å². The molecule has 0 aliphatic heterocycles. The van der Waals surface area contributed by atoms with E-state index in [0.29, 0.717) is 12.2 Å². The molecule has 5 nitrogen and oxygen atoms in total. The largest absolute Gasteiger partial charge is 0.396 e. The van der Waals surface area contributed by atoms with Crippen LogP contribution in [-0.2, 0) is 13.6 Å². The molecule has 0 saturated heterocycles. The number of nitrogens with two attached hydrogens (primary N) is 1.